The monoisotopic (exact) mass is 297 g/mol. The number of carbonyl (C=O) groups is 1. The van der Waals surface area contributed by atoms with Gasteiger partial charge in [0.2, 0.25) is 0 Å². The fourth-order valence-electron chi connectivity index (χ4n) is 3.26. The largest absolute Gasteiger partial charge is 0.381 e. The highest BCUT2D eigenvalue weighted by Crippen LogP contribution is 2.18. The highest BCUT2D eigenvalue weighted by Gasteiger charge is 2.25. The molecule has 0 radical (unpaired) electrons. The molecule has 0 bridgehead atoms. The van der Waals surface area contributed by atoms with Gasteiger partial charge in [0, 0.05) is 45.9 Å². The van der Waals surface area contributed by atoms with Gasteiger partial charge in [0.25, 0.3) is 0 Å². The third-order valence-corrected chi connectivity index (χ3v) is 4.81. The molecule has 2 aliphatic heterocycles. The molecule has 5 nitrogen and oxygen atoms in total. The van der Waals surface area contributed by atoms with Crippen LogP contribution in [0.15, 0.2) is 0 Å². The van der Waals surface area contributed by atoms with E-state index in [1.165, 1.54) is 6.42 Å². The number of ether oxygens (including phenoxy) is 1. The maximum Gasteiger partial charge on any atom is 0.317 e. The summed E-state index contributed by atoms with van der Waals surface area (Å²) in [4.78, 5) is 16.5. The van der Waals surface area contributed by atoms with Gasteiger partial charge in [-0.15, -0.1) is 0 Å². The normalized spacial score (nSPS) is 24.5. The molecule has 1 atom stereocenters. The molecular weight excluding hydrogens is 266 g/mol. The predicted octanol–water partition coefficient (Wildman–Crippen LogP) is 1.78. The molecule has 2 amide bonds. The minimum Gasteiger partial charge on any atom is -0.381 e. The van der Waals surface area contributed by atoms with E-state index in [0.717, 1.165) is 52.2 Å². The number of amides is 2. The fraction of sp³-hybridized carbons (Fsp3) is 0.938. The zero-order chi connectivity index (χ0) is 15.2. The number of likely N-dealkylation sites (tertiary alicyclic amines) is 1. The maximum absolute atomic E-state index is 12.2. The molecule has 0 saturated carbocycles. The summed E-state index contributed by atoms with van der Waals surface area (Å²) in [7, 11) is 1.90. The summed E-state index contributed by atoms with van der Waals surface area (Å²) in [5, 5.41) is 3.10. The molecule has 1 N–H and O–H groups in total. The van der Waals surface area contributed by atoms with E-state index in [9.17, 15) is 4.79 Å². The van der Waals surface area contributed by atoms with Gasteiger partial charge in [-0.05, 0) is 51.5 Å². The average molecular weight is 297 g/mol. The molecule has 2 fully saturated rings. The van der Waals surface area contributed by atoms with Gasteiger partial charge in [0.1, 0.15) is 0 Å². The summed E-state index contributed by atoms with van der Waals surface area (Å²) in [6.45, 7) is 10.1. The molecule has 21 heavy (non-hydrogen) atoms. The second-order valence-corrected chi connectivity index (χ2v) is 6.87. The van der Waals surface area contributed by atoms with Crippen LogP contribution in [0.25, 0.3) is 0 Å². The quantitative estimate of drug-likeness (QED) is 0.841. The third kappa shape index (κ3) is 5.15. The van der Waals surface area contributed by atoms with Crippen molar-refractivity contribution >= 4 is 6.03 Å². The predicted molar refractivity (Wildman–Crippen MR) is 84.4 cm³/mol. The highest BCUT2D eigenvalue weighted by molar-refractivity contribution is 5.73. The lowest BCUT2D eigenvalue weighted by Crippen LogP contribution is -2.42. The van der Waals surface area contributed by atoms with Crippen LogP contribution in [0, 0.1) is 11.8 Å². The molecule has 0 aromatic rings. The second kappa shape index (κ2) is 7.99. The van der Waals surface area contributed by atoms with Gasteiger partial charge in [-0.25, -0.2) is 4.79 Å². The van der Waals surface area contributed by atoms with Gasteiger partial charge in [-0.3, -0.25) is 0 Å². The molecular formula is C16H31N3O2. The summed E-state index contributed by atoms with van der Waals surface area (Å²) in [6, 6.07) is 0.686. The summed E-state index contributed by atoms with van der Waals surface area (Å²) >= 11 is 0. The Labute approximate surface area is 129 Å². The smallest absolute Gasteiger partial charge is 0.317 e. The number of rotatable bonds is 5. The van der Waals surface area contributed by atoms with Crippen molar-refractivity contribution < 1.29 is 9.53 Å². The first-order valence-electron chi connectivity index (χ1n) is 8.37. The van der Waals surface area contributed by atoms with Crippen molar-refractivity contribution in [3.8, 4) is 0 Å². The first-order valence-corrected chi connectivity index (χ1v) is 8.37. The van der Waals surface area contributed by atoms with E-state index >= 15 is 0 Å². The molecule has 122 valence electrons. The van der Waals surface area contributed by atoms with E-state index in [1.807, 2.05) is 11.9 Å². The van der Waals surface area contributed by atoms with Crippen molar-refractivity contribution in [2.75, 3.05) is 46.4 Å². The summed E-state index contributed by atoms with van der Waals surface area (Å²) in [5.74, 6) is 1.20. The average Bonchev–Trinajstić information content (AvgIpc) is 2.95. The summed E-state index contributed by atoms with van der Waals surface area (Å²) in [5.41, 5.74) is 0. The lowest BCUT2D eigenvalue weighted by Gasteiger charge is -2.27. The van der Waals surface area contributed by atoms with Gasteiger partial charge in [-0.1, -0.05) is 0 Å². The number of hydrogen-bond acceptors (Lipinski definition) is 3. The van der Waals surface area contributed by atoms with Crippen LogP contribution in [0.2, 0.25) is 0 Å². The molecule has 0 aromatic heterocycles. The van der Waals surface area contributed by atoms with Crippen molar-refractivity contribution in [2.24, 2.45) is 11.8 Å². The van der Waals surface area contributed by atoms with E-state index in [-0.39, 0.29) is 6.03 Å². The number of carbonyl (C=O) groups excluding carboxylic acids is 1. The van der Waals surface area contributed by atoms with E-state index in [4.69, 9.17) is 4.74 Å². The van der Waals surface area contributed by atoms with Gasteiger partial charge in [0.05, 0.1) is 0 Å². The van der Waals surface area contributed by atoms with Gasteiger partial charge in [0.15, 0.2) is 0 Å². The Morgan fingerprint density at radius 3 is 2.62 bits per heavy atom. The van der Waals surface area contributed by atoms with Gasteiger partial charge >= 0.3 is 6.03 Å². The van der Waals surface area contributed by atoms with Crippen molar-refractivity contribution in [3.05, 3.63) is 0 Å². The van der Waals surface area contributed by atoms with Crippen LogP contribution in [0.4, 0.5) is 4.79 Å². The Morgan fingerprint density at radius 1 is 1.29 bits per heavy atom. The molecule has 2 heterocycles. The van der Waals surface area contributed by atoms with Crippen molar-refractivity contribution in [1.82, 2.24) is 15.1 Å². The molecule has 0 aromatic carbocycles. The van der Waals surface area contributed by atoms with Crippen LogP contribution in [0.1, 0.15) is 33.1 Å². The molecule has 0 aliphatic carbocycles. The Kier molecular flexibility index (Phi) is 6.30. The first-order chi connectivity index (χ1) is 10.1. The molecule has 0 spiro atoms. The fourth-order valence-corrected chi connectivity index (χ4v) is 3.26. The zero-order valence-corrected chi connectivity index (χ0v) is 13.8. The number of nitrogens with one attached hydrogen (secondary N) is 1. The molecule has 1 unspecified atom stereocenters. The lowest BCUT2D eigenvalue weighted by atomic mass is 10.00. The van der Waals surface area contributed by atoms with E-state index in [0.29, 0.717) is 17.9 Å². The number of urea groups is 1. The third-order valence-electron chi connectivity index (χ3n) is 4.81. The minimum absolute atomic E-state index is 0.0736. The van der Waals surface area contributed by atoms with Crippen LogP contribution >= 0.6 is 0 Å². The van der Waals surface area contributed by atoms with Crippen LogP contribution in [-0.4, -0.2) is 68.3 Å². The Balaban J connectivity index is 1.64. The number of hydrogen-bond donors (Lipinski definition) is 1. The molecule has 2 saturated heterocycles. The van der Waals surface area contributed by atoms with Crippen LogP contribution in [-0.2, 0) is 4.74 Å². The lowest BCUT2D eigenvalue weighted by molar-refractivity contribution is 0.0586. The summed E-state index contributed by atoms with van der Waals surface area (Å²) in [6.07, 6.45) is 3.34. The molecule has 2 aliphatic rings. The van der Waals surface area contributed by atoms with E-state index in [1.54, 1.807) is 0 Å². The Bertz CT molecular complexity index is 329. The van der Waals surface area contributed by atoms with Crippen LogP contribution < -0.4 is 5.32 Å². The van der Waals surface area contributed by atoms with Gasteiger partial charge in [-0.2, -0.15) is 0 Å². The standard InChI is InChI=1S/C16H31N3O2/c1-13(2)19-7-4-15(12-19)10-17-16(20)18(3)11-14-5-8-21-9-6-14/h13-15H,4-12H2,1-3H3,(H,17,20). The topological polar surface area (TPSA) is 44.8 Å². The second-order valence-electron chi connectivity index (χ2n) is 6.87. The summed E-state index contributed by atoms with van der Waals surface area (Å²) < 4.78 is 5.36. The Morgan fingerprint density at radius 2 is 2.00 bits per heavy atom. The minimum atomic E-state index is 0.0736. The van der Waals surface area contributed by atoms with Crippen molar-refractivity contribution in [2.45, 2.75) is 39.2 Å². The zero-order valence-electron chi connectivity index (χ0n) is 13.8. The Hall–Kier alpha value is -0.810. The number of nitrogens with zero attached hydrogens (tertiary/aromatic N) is 2. The van der Waals surface area contributed by atoms with E-state index in [2.05, 4.69) is 24.1 Å². The molecule has 5 heteroatoms. The van der Waals surface area contributed by atoms with Crippen molar-refractivity contribution in [1.29, 1.82) is 0 Å². The van der Waals surface area contributed by atoms with E-state index < -0.39 is 0 Å². The maximum atomic E-state index is 12.2. The SMILES string of the molecule is CC(C)N1CCC(CNC(=O)N(C)CC2CCOCC2)C1. The van der Waals surface area contributed by atoms with Gasteiger partial charge < -0.3 is 19.9 Å². The first kappa shape index (κ1) is 16.6. The highest BCUT2D eigenvalue weighted by atomic mass is 16.5. The van der Waals surface area contributed by atoms with Crippen LogP contribution in [0.5, 0.6) is 0 Å². The van der Waals surface area contributed by atoms with Crippen LogP contribution in [0.3, 0.4) is 0 Å². The molecule has 2 rings (SSSR count). The van der Waals surface area contributed by atoms with Crippen molar-refractivity contribution in [3.63, 3.8) is 0 Å².